The molecule has 0 aliphatic rings. The second-order valence-electron chi connectivity index (χ2n) is 7.98. The number of nitrogens with zero attached hydrogens (tertiary/aromatic N) is 1. The van der Waals surface area contributed by atoms with Crippen LogP contribution in [0.15, 0.2) is 83.8 Å². The molecule has 0 fully saturated rings. The standard InChI is InChI=1S/C27H24N2O4S2/c1-3-35(32,33)21-15-13-19(14-16-21)17-23(30)28-27-29-24(20-10-5-4-6-11-20)26(34-27)25(31)22-12-8-7-9-18(22)2/h4-16H,3,17H2,1-2H3,(H,28,29,30). The molecule has 8 heteroatoms. The first-order chi connectivity index (χ1) is 16.8. The summed E-state index contributed by atoms with van der Waals surface area (Å²) in [6, 6.07) is 23.0. The Bertz CT molecular complexity index is 1480. The molecule has 6 nitrogen and oxygen atoms in total. The molecule has 4 aromatic rings. The lowest BCUT2D eigenvalue weighted by molar-refractivity contribution is -0.115. The van der Waals surface area contributed by atoms with Gasteiger partial charge in [-0.3, -0.25) is 9.59 Å². The number of sulfone groups is 1. The van der Waals surface area contributed by atoms with Gasteiger partial charge in [-0.1, -0.05) is 85.0 Å². The van der Waals surface area contributed by atoms with Crippen LogP contribution in [0.5, 0.6) is 0 Å². The van der Waals surface area contributed by atoms with Gasteiger partial charge in [0.25, 0.3) is 0 Å². The van der Waals surface area contributed by atoms with Crippen LogP contribution in [0.25, 0.3) is 11.3 Å². The lowest BCUT2D eigenvalue weighted by Crippen LogP contribution is -2.14. The summed E-state index contributed by atoms with van der Waals surface area (Å²) < 4.78 is 24.0. The van der Waals surface area contributed by atoms with Crippen LogP contribution < -0.4 is 5.32 Å². The van der Waals surface area contributed by atoms with Crippen molar-refractivity contribution in [2.75, 3.05) is 11.1 Å². The average Bonchev–Trinajstić information content (AvgIpc) is 3.28. The second kappa shape index (κ2) is 10.3. The van der Waals surface area contributed by atoms with Gasteiger partial charge in [-0.05, 0) is 30.2 Å². The number of hydrogen-bond donors (Lipinski definition) is 1. The molecule has 4 rings (SSSR count). The fraction of sp³-hybridized carbons (Fsp3) is 0.148. The topological polar surface area (TPSA) is 93.2 Å². The molecule has 0 atom stereocenters. The number of amides is 1. The summed E-state index contributed by atoms with van der Waals surface area (Å²) in [6.07, 6.45) is 0.0494. The predicted molar refractivity (Wildman–Crippen MR) is 139 cm³/mol. The summed E-state index contributed by atoms with van der Waals surface area (Å²) in [5.74, 6) is -0.434. The van der Waals surface area contributed by atoms with Crippen molar-refractivity contribution in [1.82, 2.24) is 4.98 Å². The molecule has 1 heterocycles. The number of nitrogens with one attached hydrogen (secondary N) is 1. The maximum atomic E-state index is 13.4. The van der Waals surface area contributed by atoms with Crippen molar-refractivity contribution in [3.8, 4) is 11.3 Å². The van der Waals surface area contributed by atoms with Crippen molar-refractivity contribution in [2.24, 2.45) is 0 Å². The van der Waals surface area contributed by atoms with Gasteiger partial charge in [0.05, 0.1) is 22.8 Å². The van der Waals surface area contributed by atoms with Crippen LogP contribution in [0.2, 0.25) is 0 Å². The number of aryl methyl sites for hydroxylation is 1. The number of ketones is 1. The predicted octanol–water partition coefficient (Wildman–Crippen LogP) is 5.32. The van der Waals surface area contributed by atoms with Gasteiger partial charge >= 0.3 is 0 Å². The van der Waals surface area contributed by atoms with Crippen LogP contribution in [-0.4, -0.2) is 30.8 Å². The molecule has 0 bridgehead atoms. The van der Waals surface area contributed by atoms with Crippen molar-refractivity contribution < 1.29 is 18.0 Å². The van der Waals surface area contributed by atoms with Gasteiger partial charge in [-0.2, -0.15) is 0 Å². The molecule has 0 spiro atoms. The number of carbonyl (C=O) groups is 2. The molecule has 3 aromatic carbocycles. The first-order valence-electron chi connectivity index (χ1n) is 11.1. The van der Waals surface area contributed by atoms with Crippen molar-refractivity contribution in [2.45, 2.75) is 25.2 Å². The minimum atomic E-state index is -3.30. The quantitative estimate of drug-likeness (QED) is 0.328. The highest BCUT2D eigenvalue weighted by Gasteiger charge is 2.23. The van der Waals surface area contributed by atoms with E-state index in [1.54, 1.807) is 25.1 Å². The summed E-state index contributed by atoms with van der Waals surface area (Å²) in [5, 5.41) is 3.13. The van der Waals surface area contributed by atoms with Crippen LogP contribution in [0, 0.1) is 6.92 Å². The highest BCUT2D eigenvalue weighted by Crippen LogP contribution is 2.33. The first kappa shape index (κ1) is 24.5. The van der Waals surface area contributed by atoms with Crippen molar-refractivity contribution >= 4 is 38.0 Å². The minimum absolute atomic E-state index is 0.0180. The molecule has 1 amide bonds. The van der Waals surface area contributed by atoms with E-state index in [2.05, 4.69) is 10.3 Å². The van der Waals surface area contributed by atoms with Crippen LogP contribution in [0.3, 0.4) is 0 Å². The van der Waals surface area contributed by atoms with E-state index in [1.165, 1.54) is 12.1 Å². The van der Waals surface area contributed by atoms with E-state index in [0.717, 1.165) is 22.5 Å². The number of anilines is 1. The molecule has 178 valence electrons. The Balaban J connectivity index is 1.59. The summed E-state index contributed by atoms with van der Waals surface area (Å²) in [6.45, 7) is 3.47. The SMILES string of the molecule is CCS(=O)(=O)c1ccc(CC(=O)Nc2nc(-c3ccccc3)c(C(=O)c3ccccc3C)s2)cc1. The van der Waals surface area contributed by atoms with Gasteiger partial charge in [0, 0.05) is 11.1 Å². The molecule has 0 radical (unpaired) electrons. The lowest BCUT2D eigenvalue weighted by Gasteiger charge is -2.05. The number of thiazole rings is 1. The number of hydrogen-bond acceptors (Lipinski definition) is 6. The number of carbonyl (C=O) groups excluding carboxylic acids is 2. The normalized spacial score (nSPS) is 11.3. The molecule has 0 unspecified atom stereocenters. The van der Waals surface area contributed by atoms with Gasteiger partial charge in [-0.15, -0.1) is 0 Å². The summed E-state index contributed by atoms with van der Waals surface area (Å²) in [7, 11) is -3.30. The Morgan fingerprint density at radius 2 is 1.57 bits per heavy atom. The van der Waals surface area contributed by atoms with Gasteiger partial charge in [0.15, 0.2) is 15.0 Å². The number of rotatable bonds is 8. The highest BCUT2D eigenvalue weighted by atomic mass is 32.2. The van der Waals surface area contributed by atoms with Crippen LogP contribution in [-0.2, 0) is 21.1 Å². The smallest absolute Gasteiger partial charge is 0.230 e. The minimum Gasteiger partial charge on any atom is -0.302 e. The molecular weight excluding hydrogens is 480 g/mol. The third-order valence-electron chi connectivity index (χ3n) is 5.54. The molecule has 0 saturated carbocycles. The fourth-order valence-corrected chi connectivity index (χ4v) is 5.44. The second-order valence-corrected chi connectivity index (χ2v) is 11.3. The average molecular weight is 505 g/mol. The van der Waals surface area contributed by atoms with E-state index >= 15 is 0 Å². The molecule has 0 saturated heterocycles. The molecule has 35 heavy (non-hydrogen) atoms. The lowest BCUT2D eigenvalue weighted by atomic mass is 10.0. The van der Waals surface area contributed by atoms with E-state index in [4.69, 9.17) is 0 Å². The fourth-order valence-electron chi connectivity index (χ4n) is 3.60. The Morgan fingerprint density at radius 1 is 0.914 bits per heavy atom. The summed E-state index contributed by atoms with van der Waals surface area (Å²) >= 11 is 1.14. The highest BCUT2D eigenvalue weighted by molar-refractivity contribution is 7.91. The van der Waals surface area contributed by atoms with Gasteiger partial charge in [-0.25, -0.2) is 13.4 Å². The van der Waals surface area contributed by atoms with E-state index in [-0.39, 0.29) is 28.8 Å². The summed E-state index contributed by atoms with van der Waals surface area (Å²) in [4.78, 5) is 31.4. The van der Waals surface area contributed by atoms with Gasteiger partial charge < -0.3 is 5.32 Å². The van der Waals surface area contributed by atoms with Crippen LogP contribution in [0.1, 0.15) is 33.3 Å². The molecule has 1 aromatic heterocycles. The zero-order valence-electron chi connectivity index (χ0n) is 19.3. The first-order valence-corrected chi connectivity index (χ1v) is 13.5. The number of aromatic nitrogens is 1. The Labute approximate surface area is 208 Å². The number of benzene rings is 3. The Hall–Kier alpha value is -3.62. The maximum absolute atomic E-state index is 13.4. The monoisotopic (exact) mass is 504 g/mol. The van der Waals surface area contributed by atoms with E-state index in [0.29, 0.717) is 26.8 Å². The maximum Gasteiger partial charge on any atom is 0.230 e. The van der Waals surface area contributed by atoms with Crippen molar-refractivity contribution in [1.29, 1.82) is 0 Å². The molecule has 0 aliphatic carbocycles. The Kier molecular flexibility index (Phi) is 7.23. The van der Waals surface area contributed by atoms with E-state index < -0.39 is 9.84 Å². The van der Waals surface area contributed by atoms with Crippen molar-refractivity contribution in [3.05, 3.63) is 100 Å². The zero-order valence-corrected chi connectivity index (χ0v) is 20.9. The van der Waals surface area contributed by atoms with E-state index in [1.807, 2.05) is 55.5 Å². The van der Waals surface area contributed by atoms with Gasteiger partial charge in [0.1, 0.15) is 4.88 Å². The van der Waals surface area contributed by atoms with E-state index in [9.17, 15) is 18.0 Å². The molecule has 1 N–H and O–H groups in total. The third-order valence-corrected chi connectivity index (χ3v) is 8.26. The molecule has 0 aliphatic heterocycles. The van der Waals surface area contributed by atoms with Gasteiger partial charge in [0.2, 0.25) is 11.7 Å². The van der Waals surface area contributed by atoms with Crippen LogP contribution >= 0.6 is 11.3 Å². The zero-order chi connectivity index (χ0) is 25.0. The van der Waals surface area contributed by atoms with Crippen molar-refractivity contribution in [3.63, 3.8) is 0 Å². The largest absolute Gasteiger partial charge is 0.302 e. The molecular formula is C27H24N2O4S2. The summed E-state index contributed by atoms with van der Waals surface area (Å²) in [5.41, 5.74) is 3.44. The van der Waals surface area contributed by atoms with Crippen LogP contribution in [0.4, 0.5) is 5.13 Å². The third kappa shape index (κ3) is 5.55. The Morgan fingerprint density at radius 3 is 2.23 bits per heavy atom.